The van der Waals surface area contributed by atoms with Crippen molar-refractivity contribution < 1.29 is 9.47 Å². The first-order valence-corrected chi connectivity index (χ1v) is 7.01. The Morgan fingerprint density at radius 2 is 1.95 bits per heavy atom. The molecule has 0 amide bonds. The molecule has 0 aliphatic carbocycles. The zero-order valence-corrected chi connectivity index (χ0v) is 12.5. The summed E-state index contributed by atoms with van der Waals surface area (Å²) in [5, 5.41) is 3.31. The first-order valence-electron chi connectivity index (χ1n) is 7.01. The standard InChI is InChI=1S/C16H19N3O2/c1-11-8-15(19-12(2)18-11)17-9-16(3)10-20-13-6-4-5-7-14(13)21-16/h4-8H,9-10H2,1-3H3,(H,17,18,19). The number of hydrogen-bond acceptors (Lipinski definition) is 5. The van der Waals surface area contributed by atoms with Crippen LogP contribution in [0.2, 0.25) is 0 Å². The highest BCUT2D eigenvalue weighted by Crippen LogP contribution is 2.34. The van der Waals surface area contributed by atoms with Crippen LogP contribution in [0, 0.1) is 13.8 Å². The average molecular weight is 285 g/mol. The van der Waals surface area contributed by atoms with E-state index in [1.807, 2.05) is 51.1 Å². The molecule has 1 atom stereocenters. The van der Waals surface area contributed by atoms with Gasteiger partial charge in [0.05, 0.1) is 6.54 Å². The molecule has 1 aliphatic heterocycles. The smallest absolute Gasteiger partial charge is 0.162 e. The number of anilines is 1. The van der Waals surface area contributed by atoms with Crippen molar-refractivity contribution in [2.24, 2.45) is 0 Å². The van der Waals surface area contributed by atoms with E-state index in [1.165, 1.54) is 0 Å². The van der Waals surface area contributed by atoms with Crippen LogP contribution in [0.3, 0.4) is 0 Å². The minimum Gasteiger partial charge on any atom is -0.485 e. The second-order valence-electron chi connectivity index (χ2n) is 5.58. The Morgan fingerprint density at radius 1 is 1.19 bits per heavy atom. The Balaban J connectivity index is 1.70. The van der Waals surface area contributed by atoms with Gasteiger partial charge in [0.15, 0.2) is 17.1 Å². The van der Waals surface area contributed by atoms with Gasteiger partial charge in [0, 0.05) is 11.8 Å². The van der Waals surface area contributed by atoms with Gasteiger partial charge in [-0.25, -0.2) is 9.97 Å². The molecule has 1 aromatic carbocycles. The Hall–Kier alpha value is -2.30. The lowest BCUT2D eigenvalue weighted by Gasteiger charge is -2.35. The maximum absolute atomic E-state index is 6.07. The summed E-state index contributed by atoms with van der Waals surface area (Å²) in [6.45, 7) is 6.97. The van der Waals surface area contributed by atoms with Crippen molar-refractivity contribution in [3.63, 3.8) is 0 Å². The van der Waals surface area contributed by atoms with Crippen molar-refractivity contribution in [2.45, 2.75) is 26.4 Å². The monoisotopic (exact) mass is 285 g/mol. The molecule has 2 aromatic rings. The number of aromatic nitrogens is 2. The zero-order valence-electron chi connectivity index (χ0n) is 12.5. The van der Waals surface area contributed by atoms with E-state index >= 15 is 0 Å². The minimum absolute atomic E-state index is 0.429. The number of rotatable bonds is 3. The van der Waals surface area contributed by atoms with Gasteiger partial charge >= 0.3 is 0 Å². The fourth-order valence-corrected chi connectivity index (χ4v) is 2.35. The van der Waals surface area contributed by atoms with E-state index in [-0.39, 0.29) is 0 Å². The first-order chi connectivity index (χ1) is 10.0. The second-order valence-corrected chi connectivity index (χ2v) is 5.58. The first kappa shape index (κ1) is 13.7. The third-order valence-electron chi connectivity index (χ3n) is 3.35. The largest absolute Gasteiger partial charge is 0.485 e. The van der Waals surface area contributed by atoms with Gasteiger partial charge in [0.1, 0.15) is 18.2 Å². The Morgan fingerprint density at radius 3 is 2.71 bits per heavy atom. The number of para-hydroxylation sites is 2. The maximum atomic E-state index is 6.07. The summed E-state index contributed by atoms with van der Waals surface area (Å²) in [6, 6.07) is 9.65. The second kappa shape index (κ2) is 5.24. The number of ether oxygens (including phenoxy) is 2. The van der Waals surface area contributed by atoms with Crippen LogP contribution >= 0.6 is 0 Å². The van der Waals surface area contributed by atoms with Crippen LogP contribution in [-0.2, 0) is 0 Å². The molecule has 1 aliphatic rings. The predicted octanol–water partition coefficient (Wildman–Crippen LogP) is 2.74. The van der Waals surface area contributed by atoms with Gasteiger partial charge < -0.3 is 14.8 Å². The van der Waals surface area contributed by atoms with E-state index in [0.29, 0.717) is 13.2 Å². The molecule has 5 heteroatoms. The fraction of sp³-hybridized carbons (Fsp3) is 0.375. The van der Waals surface area contributed by atoms with Crippen molar-refractivity contribution in [3.05, 3.63) is 41.9 Å². The van der Waals surface area contributed by atoms with Crippen molar-refractivity contribution in [1.29, 1.82) is 0 Å². The maximum Gasteiger partial charge on any atom is 0.162 e. The molecule has 0 radical (unpaired) electrons. The van der Waals surface area contributed by atoms with Crippen molar-refractivity contribution >= 4 is 5.82 Å². The zero-order chi connectivity index (χ0) is 14.9. The predicted molar refractivity (Wildman–Crippen MR) is 81.0 cm³/mol. The van der Waals surface area contributed by atoms with E-state index < -0.39 is 5.60 Å². The highest BCUT2D eigenvalue weighted by molar-refractivity contribution is 5.42. The van der Waals surface area contributed by atoms with Crippen molar-refractivity contribution in [3.8, 4) is 11.5 Å². The molecule has 0 saturated carbocycles. The summed E-state index contributed by atoms with van der Waals surface area (Å²) in [5.41, 5.74) is 0.516. The third-order valence-corrected chi connectivity index (χ3v) is 3.35. The van der Waals surface area contributed by atoms with Crippen LogP contribution in [0.1, 0.15) is 18.4 Å². The van der Waals surface area contributed by atoms with Gasteiger partial charge in [-0.05, 0) is 32.9 Å². The quantitative estimate of drug-likeness (QED) is 0.939. The van der Waals surface area contributed by atoms with Crippen LogP contribution in [0.5, 0.6) is 11.5 Å². The molecule has 21 heavy (non-hydrogen) atoms. The van der Waals surface area contributed by atoms with E-state index in [2.05, 4.69) is 15.3 Å². The Bertz CT molecular complexity index is 639. The molecule has 0 saturated heterocycles. The molecular formula is C16H19N3O2. The number of nitrogens with one attached hydrogen (secondary N) is 1. The lowest BCUT2D eigenvalue weighted by molar-refractivity contribution is 0.0166. The molecule has 0 spiro atoms. The summed E-state index contributed by atoms with van der Waals surface area (Å²) in [6.07, 6.45) is 0. The van der Waals surface area contributed by atoms with Gasteiger partial charge in [0.25, 0.3) is 0 Å². The van der Waals surface area contributed by atoms with Crippen LogP contribution in [0.15, 0.2) is 30.3 Å². The molecular weight excluding hydrogens is 266 g/mol. The lowest BCUT2D eigenvalue weighted by Crippen LogP contribution is -2.47. The lowest BCUT2D eigenvalue weighted by atomic mass is 10.1. The van der Waals surface area contributed by atoms with Gasteiger partial charge in [-0.15, -0.1) is 0 Å². The third kappa shape index (κ3) is 3.07. The molecule has 110 valence electrons. The molecule has 0 fully saturated rings. The number of benzene rings is 1. The van der Waals surface area contributed by atoms with E-state index in [4.69, 9.17) is 9.47 Å². The van der Waals surface area contributed by atoms with E-state index in [1.54, 1.807) is 0 Å². The number of aryl methyl sites for hydroxylation is 2. The molecule has 3 rings (SSSR count). The van der Waals surface area contributed by atoms with Gasteiger partial charge in [0.2, 0.25) is 0 Å². The molecule has 2 heterocycles. The van der Waals surface area contributed by atoms with Crippen molar-refractivity contribution in [1.82, 2.24) is 9.97 Å². The molecule has 1 aromatic heterocycles. The minimum atomic E-state index is -0.429. The molecule has 1 unspecified atom stereocenters. The highest BCUT2D eigenvalue weighted by Gasteiger charge is 2.33. The number of fused-ring (bicyclic) bond motifs is 1. The summed E-state index contributed by atoms with van der Waals surface area (Å²) < 4.78 is 11.8. The fourth-order valence-electron chi connectivity index (χ4n) is 2.35. The Kier molecular flexibility index (Phi) is 3.41. The summed E-state index contributed by atoms with van der Waals surface area (Å²) in [5.74, 6) is 3.14. The van der Waals surface area contributed by atoms with Crippen LogP contribution in [-0.4, -0.2) is 28.7 Å². The molecule has 1 N–H and O–H groups in total. The van der Waals surface area contributed by atoms with Gasteiger partial charge in [-0.3, -0.25) is 0 Å². The topological polar surface area (TPSA) is 56.3 Å². The Labute approximate surface area is 124 Å². The van der Waals surface area contributed by atoms with Crippen LogP contribution < -0.4 is 14.8 Å². The SMILES string of the molecule is Cc1cc(NCC2(C)COc3ccccc3O2)nc(C)n1. The van der Waals surface area contributed by atoms with Gasteiger partial charge in [-0.1, -0.05) is 12.1 Å². The average Bonchev–Trinajstić information content (AvgIpc) is 2.44. The summed E-state index contributed by atoms with van der Waals surface area (Å²) >= 11 is 0. The molecule has 5 nitrogen and oxygen atoms in total. The van der Waals surface area contributed by atoms with Crippen molar-refractivity contribution in [2.75, 3.05) is 18.5 Å². The van der Waals surface area contributed by atoms with E-state index in [0.717, 1.165) is 28.8 Å². The molecule has 0 bridgehead atoms. The summed E-state index contributed by atoms with van der Waals surface area (Å²) in [7, 11) is 0. The number of nitrogens with zero attached hydrogens (tertiary/aromatic N) is 2. The highest BCUT2D eigenvalue weighted by atomic mass is 16.6. The van der Waals surface area contributed by atoms with Crippen LogP contribution in [0.4, 0.5) is 5.82 Å². The summed E-state index contributed by atoms with van der Waals surface area (Å²) in [4.78, 5) is 8.64. The number of hydrogen-bond donors (Lipinski definition) is 1. The van der Waals surface area contributed by atoms with Gasteiger partial charge in [-0.2, -0.15) is 0 Å². The van der Waals surface area contributed by atoms with E-state index in [9.17, 15) is 0 Å². The van der Waals surface area contributed by atoms with Crippen LogP contribution in [0.25, 0.3) is 0 Å². The normalized spacial score (nSPS) is 20.1.